The zero-order chi connectivity index (χ0) is 21.0. The Bertz CT molecular complexity index is 881. The van der Waals surface area contributed by atoms with E-state index in [2.05, 4.69) is 34.7 Å². The average molecular weight is 412 g/mol. The van der Waals surface area contributed by atoms with Crippen LogP contribution in [0.15, 0.2) is 47.6 Å². The molecule has 1 unspecified atom stereocenters. The van der Waals surface area contributed by atoms with E-state index in [1.54, 1.807) is 19.4 Å². The molecule has 2 heterocycles. The summed E-state index contributed by atoms with van der Waals surface area (Å²) in [5, 5.41) is 6.89. The summed E-state index contributed by atoms with van der Waals surface area (Å²) >= 11 is 0. The first-order chi connectivity index (χ1) is 14.6. The lowest BCUT2D eigenvalue weighted by molar-refractivity contribution is 0.414. The molecule has 1 saturated heterocycles. The van der Waals surface area contributed by atoms with Crippen molar-refractivity contribution >= 4 is 11.8 Å². The number of nitrogens with one attached hydrogen (secondary N) is 2. The smallest absolute Gasteiger partial charge is 0.191 e. The zero-order valence-electron chi connectivity index (χ0n) is 17.7. The van der Waals surface area contributed by atoms with Gasteiger partial charge in [0, 0.05) is 37.3 Å². The van der Waals surface area contributed by atoms with Crippen LogP contribution in [0.4, 0.5) is 10.2 Å². The Morgan fingerprint density at radius 2 is 2.10 bits per heavy atom. The molecule has 1 aliphatic carbocycles. The van der Waals surface area contributed by atoms with Crippen LogP contribution in [-0.4, -0.2) is 50.3 Å². The van der Waals surface area contributed by atoms with E-state index < -0.39 is 0 Å². The predicted molar refractivity (Wildman–Crippen MR) is 118 cm³/mol. The van der Waals surface area contributed by atoms with Gasteiger partial charge in [0.1, 0.15) is 5.75 Å². The molecule has 6 nitrogen and oxygen atoms in total. The Labute approximate surface area is 177 Å². The average Bonchev–Trinajstić information content (AvgIpc) is 3.43. The largest absolute Gasteiger partial charge is 0.497 e. The predicted octanol–water partition coefficient (Wildman–Crippen LogP) is 3.09. The number of rotatable bonds is 7. The maximum Gasteiger partial charge on any atom is 0.191 e. The minimum absolute atomic E-state index is 0.132. The van der Waals surface area contributed by atoms with Gasteiger partial charge in [0.2, 0.25) is 0 Å². The molecule has 7 heteroatoms. The Balaban J connectivity index is 1.39. The van der Waals surface area contributed by atoms with E-state index in [0.717, 1.165) is 50.6 Å². The molecule has 2 N–H and O–H groups in total. The minimum atomic E-state index is -0.270. The first-order valence-electron chi connectivity index (χ1n) is 10.7. The fourth-order valence-corrected chi connectivity index (χ4v) is 4.06. The van der Waals surface area contributed by atoms with Crippen LogP contribution in [0.5, 0.6) is 5.75 Å². The highest BCUT2D eigenvalue weighted by atomic mass is 19.1. The molecule has 2 fully saturated rings. The molecule has 1 aromatic carbocycles. The molecular formula is C23H30FN5O. The maximum atomic E-state index is 14.1. The number of aromatic nitrogens is 1. The van der Waals surface area contributed by atoms with Crippen molar-refractivity contribution in [2.45, 2.75) is 37.6 Å². The molecule has 30 heavy (non-hydrogen) atoms. The first-order valence-corrected chi connectivity index (χ1v) is 10.7. The van der Waals surface area contributed by atoms with Gasteiger partial charge in [0.25, 0.3) is 0 Å². The van der Waals surface area contributed by atoms with Crippen molar-refractivity contribution in [3.8, 4) is 5.75 Å². The van der Waals surface area contributed by atoms with Gasteiger partial charge in [0.05, 0.1) is 13.7 Å². The summed E-state index contributed by atoms with van der Waals surface area (Å²) in [7, 11) is 1.69. The highest BCUT2D eigenvalue weighted by molar-refractivity contribution is 5.80. The van der Waals surface area contributed by atoms with Gasteiger partial charge >= 0.3 is 0 Å². The molecule has 0 amide bonds. The Kier molecular flexibility index (Phi) is 6.06. The number of aliphatic imine (C=N–C) groups is 1. The Hall–Kier alpha value is -2.83. The fourth-order valence-electron chi connectivity index (χ4n) is 4.06. The topological polar surface area (TPSA) is 61.8 Å². The second-order valence-electron chi connectivity index (χ2n) is 8.09. The van der Waals surface area contributed by atoms with Crippen LogP contribution in [0.2, 0.25) is 0 Å². The van der Waals surface area contributed by atoms with Crippen LogP contribution >= 0.6 is 0 Å². The van der Waals surface area contributed by atoms with Gasteiger partial charge in [-0.15, -0.1) is 0 Å². The second-order valence-corrected chi connectivity index (χ2v) is 8.09. The van der Waals surface area contributed by atoms with E-state index in [1.165, 1.54) is 11.6 Å². The maximum absolute atomic E-state index is 14.1. The van der Waals surface area contributed by atoms with E-state index in [1.807, 2.05) is 17.0 Å². The van der Waals surface area contributed by atoms with E-state index in [4.69, 9.17) is 9.73 Å². The summed E-state index contributed by atoms with van der Waals surface area (Å²) in [6, 6.07) is 11.6. The third-order valence-electron chi connectivity index (χ3n) is 6.01. The van der Waals surface area contributed by atoms with E-state index in [-0.39, 0.29) is 17.3 Å². The van der Waals surface area contributed by atoms with Crippen molar-refractivity contribution < 1.29 is 9.13 Å². The lowest BCUT2D eigenvalue weighted by Gasteiger charge is -2.21. The summed E-state index contributed by atoms with van der Waals surface area (Å²) in [6.07, 6.45) is 4.86. The molecule has 1 saturated carbocycles. The fraction of sp³-hybridized carbons (Fsp3) is 0.478. The number of hydrogen-bond donors (Lipinski definition) is 2. The number of pyridine rings is 1. The molecule has 4 rings (SSSR count). The molecule has 0 radical (unpaired) electrons. The van der Waals surface area contributed by atoms with Gasteiger partial charge < -0.3 is 20.3 Å². The lowest BCUT2D eigenvalue weighted by Crippen LogP contribution is -2.45. The lowest BCUT2D eigenvalue weighted by atomic mass is 9.96. The molecular weight excluding hydrogens is 381 g/mol. The zero-order valence-corrected chi connectivity index (χ0v) is 17.7. The summed E-state index contributed by atoms with van der Waals surface area (Å²) in [6.45, 7) is 5.10. The van der Waals surface area contributed by atoms with Crippen molar-refractivity contribution in [2.75, 3.05) is 38.2 Å². The normalized spacial score (nSPS) is 20.2. The van der Waals surface area contributed by atoms with Crippen molar-refractivity contribution in [1.82, 2.24) is 15.6 Å². The molecule has 0 spiro atoms. The molecule has 2 aliphatic rings. The molecule has 0 bridgehead atoms. The van der Waals surface area contributed by atoms with Crippen LogP contribution < -0.4 is 20.3 Å². The van der Waals surface area contributed by atoms with Gasteiger partial charge in [-0.2, -0.15) is 0 Å². The van der Waals surface area contributed by atoms with Gasteiger partial charge in [-0.25, -0.2) is 9.37 Å². The van der Waals surface area contributed by atoms with Crippen LogP contribution in [0.1, 0.15) is 31.7 Å². The molecule has 1 aliphatic heterocycles. The first kappa shape index (κ1) is 20.4. The van der Waals surface area contributed by atoms with E-state index >= 15 is 0 Å². The number of halogens is 1. The number of benzene rings is 1. The molecule has 160 valence electrons. The van der Waals surface area contributed by atoms with Gasteiger partial charge in [-0.05, 0) is 56.0 Å². The molecule has 2 aromatic rings. The number of anilines is 1. The van der Waals surface area contributed by atoms with Crippen LogP contribution in [0.3, 0.4) is 0 Å². The molecule has 1 aromatic heterocycles. The monoisotopic (exact) mass is 411 g/mol. The van der Waals surface area contributed by atoms with Crippen molar-refractivity contribution in [3.63, 3.8) is 0 Å². The minimum Gasteiger partial charge on any atom is -0.497 e. The Morgan fingerprint density at radius 3 is 2.77 bits per heavy atom. The van der Waals surface area contributed by atoms with Crippen molar-refractivity contribution in [2.24, 2.45) is 4.99 Å². The third-order valence-corrected chi connectivity index (χ3v) is 6.01. The number of methoxy groups -OCH3 is 1. The quantitative estimate of drug-likeness (QED) is 0.542. The highest BCUT2D eigenvalue weighted by Gasteiger charge is 2.44. The summed E-state index contributed by atoms with van der Waals surface area (Å²) in [5.74, 6) is 1.86. The number of guanidine groups is 1. The van der Waals surface area contributed by atoms with E-state index in [0.29, 0.717) is 12.4 Å². The Morgan fingerprint density at radius 1 is 1.30 bits per heavy atom. The number of nitrogens with zero attached hydrogens (tertiary/aromatic N) is 3. The summed E-state index contributed by atoms with van der Waals surface area (Å²) < 4.78 is 19.3. The standard InChI is InChI=1S/C23H30FN5O/c1-3-25-22(27-16-23(11-12-23)17-6-8-19(30-2)9-7-17)28-18-10-14-29(15-18)21-20(24)5-4-13-26-21/h4-9,13,18H,3,10-12,14-16H2,1-2H3,(H2,25,27,28). The molecule has 1 atom stereocenters. The van der Waals surface area contributed by atoms with Gasteiger partial charge in [-0.3, -0.25) is 4.99 Å². The van der Waals surface area contributed by atoms with Gasteiger partial charge in [0.15, 0.2) is 17.6 Å². The summed E-state index contributed by atoms with van der Waals surface area (Å²) in [5.41, 5.74) is 1.45. The van der Waals surface area contributed by atoms with Crippen LogP contribution in [-0.2, 0) is 5.41 Å². The van der Waals surface area contributed by atoms with Crippen molar-refractivity contribution in [3.05, 3.63) is 54.0 Å². The van der Waals surface area contributed by atoms with Crippen LogP contribution in [0, 0.1) is 5.82 Å². The highest BCUT2D eigenvalue weighted by Crippen LogP contribution is 2.48. The number of hydrogen-bond acceptors (Lipinski definition) is 4. The number of ether oxygens (including phenoxy) is 1. The van der Waals surface area contributed by atoms with Gasteiger partial charge in [-0.1, -0.05) is 12.1 Å². The second kappa shape index (κ2) is 8.90. The van der Waals surface area contributed by atoms with Crippen molar-refractivity contribution in [1.29, 1.82) is 0 Å². The summed E-state index contributed by atoms with van der Waals surface area (Å²) in [4.78, 5) is 11.1. The third kappa shape index (κ3) is 4.50. The van der Waals surface area contributed by atoms with E-state index in [9.17, 15) is 4.39 Å². The van der Waals surface area contributed by atoms with Crippen LogP contribution in [0.25, 0.3) is 0 Å². The SMILES string of the molecule is CCNC(=NCC1(c2ccc(OC)cc2)CC1)NC1CCN(c2ncccc2F)C1.